The summed E-state index contributed by atoms with van der Waals surface area (Å²) >= 11 is 1.42. The molecule has 0 unspecified atom stereocenters. The number of aryl methyl sites for hydroxylation is 1. The molecule has 0 radical (unpaired) electrons. The van der Waals surface area contributed by atoms with Crippen molar-refractivity contribution >= 4 is 17.5 Å². The number of rotatable bonds is 7. The number of aromatic nitrogens is 2. The highest BCUT2D eigenvalue weighted by Crippen LogP contribution is 2.30. The van der Waals surface area contributed by atoms with Crippen LogP contribution in [-0.4, -0.2) is 22.6 Å². The van der Waals surface area contributed by atoms with Crippen LogP contribution in [0.25, 0.3) is 11.5 Å². The van der Waals surface area contributed by atoms with E-state index in [1.165, 1.54) is 11.8 Å². The van der Waals surface area contributed by atoms with Crippen LogP contribution in [0.5, 0.6) is 5.75 Å². The normalized spacial score (nSPS) is 10.7. The Balaban J connectivity index is 1.78. The van der Waals surface area contributed by atoms with E-state index in [1.54, 1.807) is 13.0 Å². The molecule has 1 heterocycles. The summed E-state index contributed by atoms with van der Waals surface area (Å²) in [6.07, 6.45) is 0. The zero-order valence-corrected chi connectivity index (χ0v) is 15.8. The van der Waals surface area contributed by atoms with E-state index in [1.807, 2.05) is 50.2 Å². The van der Waals surface area contributed by atoms with E-state index in [2.05, 4.69) is 10.2 Å². The Kier molecular flexibility index (Phi) is 5.73. The zero-order chi connectivity index (χ0) is 18.5. The molecule has 3 aromatic rings. The van der Waals surface area contributed by atoms with E-state index in [4.69, 9.17) is 9.15 Å². The molecule has 1 aromatic heterocycles. The highest BCUT2D eigenvalue weighted by atomic mass is 32.2. The lowest BCUT2D eigenvalue weighted by molar-refractivity contribution is 0.101. The van der Waals surface area contributed by atoms with Crippen molar-refractivity contribution in [2.45, 2.75) is 31.7 Å². The Morgan fingerprint density at radius 1 is 1.19 bits per heavy atom. The number of Topliss-reactive ketones (excluding diaryl/α,β-unsaturated/α-hetero) is 1. The minimum absolute atomic E-state index is 0.0268. The molecular formula is C20H20N2O3S. The fourth-order valence-electron chi connectivity index (χ4n) is 2.54. The fraction of sp³-hybridized carbons (Fsp3) is 0.250. The minimum Gasteiger partial charge on any atom is -0.494 e. The number of hydrogen-bond acceptors (Lipinski definition) is 6. The number of carbonyl (C=O) groups is 1. The molecule has 0 aliphatic rings. The number of ketones is 1. The standard InChI is InChI=1S/C20H20N2O3S/c1-4-24-18-10-9-15(14(3)23)11-16(18)12-26-20-22-21-19(25-20)17-8-6-5-7-13(17)2/h5-11H,4,12H2,1-3H3. The van der Waals surface area contributed by atoms with Gasteiger partial charge in [-0.05, 0) is 50.6 Å². The van der Waals surface area contributed by atoms with Gasteiger partial charge < -0.3 is 9.15 Å². The first-order valence-corrected chi connectivity index (χ1v) is 9.36. The van der Waals surface area contributed by atoms with Crippen molar-refractivity contribution in [1.82, 2.24) is 10.2 Å². The molecule has 0 aliphatic heterocycles. The van der Waals surface area contributed by atoms with Crippen molar-refractivity contribution in [3.8, 4) is 17.2 Å². The van der Waals surface area contributed by atoms with Crippen molar-refractivity contribution in [2.24, 2.45) is 0 Å². The summed E-state index contributed by atoms with van der Waals surface area (Å²) in [6.45, 7) is 6.06. The first-order valence-electron chi connectivity index (χ1n) is 8.37. The summed E-state index contributed by atoms with van der Waals surface area (Å²) in [5, 5.41) is 8.75. The Morgan fingerprint density at radius 3 is 2.73 bits per heavy atom. The summed E-state index contributed by atoms with van der Waals surface area (Å²) in [5.74, 6) is 1.88. The first kappa shape index (κ1) is 18.2. The third-order valence-corrected chi connectivity index (χ3v) is 4.77. The number of carbonyl (C=O) groups excluding carboxylic acids is 1. The van der Waals surface area contributed by atoms with Gasteiger partial charge >= 0.3 is 0 Å². The van der Waals surface area contributed by atoms with Crippen molar-refractivity contribution in [3.63, 3.8) is 0 Å². The van der Waals surface area contributed by atoms with Gasteiger partial charge in [-0.3, -0.25) is 4.79 Å². The smallest absolute Gasteiger partial charge is 0.277 e. The monoisotopic (exact) mass is 368 g/mol. The van der Waals surface area contributed by atoms with Crippen LogP contribution < -0.4 is 4.74 Å². The molecule has 0 bridgehead atoms. The van der Waals surface area contributed by atoms with Crippen LogP contribution in [0.15, 0.2) is 52.1 Å². The van der Waals surface area contributed by atoms with Gasteiger partial charge in [0.2, 0.25) is 5.89 Å². The molecule has 0 amide bonds. The highest BCUT2D eigenvalue weighted by molar-refractivity contribution is 7.98. The molecule has 6 heteroatoms. The number of ether oxygens (including phenoxy) is 1. The maximum Gasteiger partial charge on any atom is 0.277 e. The molecular weight excluding hydrogens is 348 g/mol. The van der Waals surface area contributed by atoms with Gasteiger partial charge in [0.05, 0.1) is 6.61 Å². The van der Waals surface area contributed by atoms with E-state index in [-0.39, 0.29) is 5.78 Å². The quantitative estimate of drug-likeness (QED) is 0.435. The molecule has 0 saturated carbocycles. The Bertz CT molecular complexity index is 921. The SMILES string of the molecule is CCOc1ccc(C(C)=O)cc1CSc1nnc(-c2ccccc2C)o1. The zero-order valence-electron chi connectivity index (χ0n) is 15.0. The first-order chi connectivity index (χ1) is 12.6. The van der Waals surface area contributed by atoms with Crippen LogP contribution in [-0.2, 0) is 5.75 Å². The van der Waals surface area contributed by atoms with Crippen molar-refractivity contribution in [3.05, 3.63) is 59.2 Å². The Labute approximate surface area is 156 Å². The Hall–Kier alpha value is -2.60. The largest absolute Gasteiger partial charge is 0.494 e. The van der Waals surface area contributed by atoms with Crippen LogP contribution >= 0.6 is 11.8 Å². The maximum absolute atomic E-state index is 11.6. The highest BCUT2D eigenvalue weighted by Gasteiger charge is 2.13. The third kappa shape index (κ3) is 4.14. The van der Waals surface area contributed by atoms with Gasteiger partial charge in [0.1, 0.15) is 5.75 Å². The molecule has 5 nitrogen and oxygen atoms in total. The summed E-state index contributed by atoms with van der Waals surface area (Å²) in [4.78, 5) is 11.6. The molecule has 134 valence electrons. The van der Waals surface area contributed by atoms with Crippen molar-refractivity contribution in [1.29, 1.82) is 0 Å². The molecule has 0 spiro atoms. The topological polar surface area (TPSA) is 65.2 Å². The lowest BCUT2D eigenvalue weighted by Crippen LogP contribution is -1.99. The van der Waals surface area contributed by atoms with E-state index >= 15 is 0 Å². The number of nitrogens with zero attached hydrogens (tertiary/aromatic N) is 2. The summed E-state index contributed by atoms with van der Waals surface area (Å²) in [5.41, 5.74) is 3.61. The molecule has 0 aliphatic carbocycles. The summed E-state index contributed by atoms with van der Waals surface area (Å²) in [7, 11) is 0. The number of benzene rings is 2. The van der Waals surface area contributed by atoms with Gasteiger partial charge in [-0.2, -0.15) is 0 Å². The maximum atomic E-state index is 11.6. The average Bonchev–Trinajstić information content (AvgIpc) is 3.10. The van der Waals surface area contributed by atoms with E-state index < -0.39 is 0 Å². The van der Waals surface area contributed by atoms with Crippen LogP contribution in [0.4, 0.5) is 0 Å². The second-order valence-corrected chi connectivity index (χ2v) is 6.72. The van der Waals surface area contributed by atoms with Crippen LogP contribution in [0.1, 0.15) is 35.3 Å². The van der Waals surface area contributed by atoms with E-state index in [9.17, 15) is 4.79 Å². The molecule has 0 N–H and O–H groups in total. The van der Waals surface area contributed by atoms with Gasteiger partial charge in [0.25, 0.3) is 5.22 Å². The van der Waals surface area contributed by atoms with Crippen LogP contribution in [0.3, 0.4) is 0 Å². The van der Waals surface area contributed by atoms with Crippen LogP contribution in [0, 0.1) is 6.92 Å². The number of thioether (sulfide) groups is 1. The lowest BCUT2D eigenvalue weighted by atomic mass is 10.1. The van der Waals surface area contributed by atoms with Gasteiger partial charge in [-0.15, -0.1) is 10.2 Å². The van der Waals surface area contributed by atoms with Gasteiger partial charge in [-0.1, -0.05) is 30.0 Å². The molecule has 0 saturated heterocycles. The molecule has 0 atom stereocenters. The predicted octanol–water partition coefficient (Wildman–Crippen LogP) is 4.94. The van der Waals surface area contributed by atoms with E-state index in [0.29, 0.717) is 29.0 Å². The summed E-state index contributed by atoms with van der Waals surface area (Å²) in [6, 6.07) is 13.4. The van der Waals surface area contributed by atoms with E-state index in [0.717, 1.165) is 22.4 Å². The second kappa shape index (κ2) is 8.19. The molecule has 26 heavy (non-hydrogen) atoms. The lowest BCUT2D eigenvalue weighted by Gasteiger charge is -2.10. The van der Waals surface area contributed by atoms with Crippen LogP contribution in [0.2, 0.25) is 0 Å². The third-order valence-electron chi connectivity index (χ3n) is 3.90. The van der Waals surface area contributed by atoms with Crippen molar-refractivity contribution < 1.29 is 13.9 Å². The molecule has 0 fully saturated rings. The molecule has 2 aromatic carbocycles. The van der Waals surface area contributed by atoms with Crippen molar-refractivity contribution in [2.75, 3.05) is 6.61 Å². The van der Waals surface area contributed by atoms with Gasteiger partial charge in [-0.25, -0.2) is 0 Å². The summed E-state index contributed by atoms with van der Waals surface area (Å²) < 4.78 is 11.4. The fourth-order valence-corrected chi connectivity index (χ4v) is 3.28. The average molecular weight is 368 g/mol. The Morgan fingerprint density at radius 2 is 2.00 bits per heavy atom. The minimum atomic E-state index is 0.0268. The molecule has 3 rings (SSSR count). The van der Waals surface area contributed by atoms with Gasteiger partial charge in [0, 0.05) is 22.4 Å². The van der Waals surface area contributed by atoms with Gasteiger partial charge in [0.15, 0.2) is 5.78 Å². The second-order valence-electron chi connectivity index (χ2n) is 5.79. The predicted molar refractivity (Wildman–Crippen MR) is 102 cm³/mol. The number of hydrogen-bond donors (Lipinski definition) is 0.